The number of anilines is 1. The number of nitrogens with zero attached hydrogens (tertiary/aromatic N) is 2. The number of nitrogens with one attached hydrogen (secondary N) is 1. The lowest BCUT2D eigenvalue weighted by molar-refractivity contribution is -0.385. The average molecular weight is 371 g/mol. The number of thiazole rings is 1. The Hall–Kier alpha value is -3.13. The summed E-state index contributed by atoms with van der Waals surface area (Å²) in [6, 6.07) is 12.6. The third-order valence-corrected chi connectivity index (χ3v) is 4.57. The number of benzene rings is 2. The van der Waals surface area contributed by atoms with Crippen molar-refractivity contribution in [3.8, 4) is 0 Å². The Balaban J connectivity index is 1.65. The molecular formula is C18H14FN3O3S. The summed E-state index contributed by atoms with van der Waals surface area (Å²) in [7, 11) is 0. The standard InChI is InChI=1S/C18H14FN3O3S/c19-15-7-3-1-5-12(15)9-14-11-20-18(26-14)21-17(23)10-13-6-2-4-8-16(13)22(24)25/h1-8,11H,9-10H2,(H,20,21,23). The monoisotopic (exact) mass is 371 g/mol. The zero-order chi connectivity index (χ0) is 18.5. The zero-order valence-corrected chi connectivity index (χ0v) is 14.3. The Bertz CT molecular complexity index is 958. The summed E-state index contributed by atoms with van der Waals surface area (Å²) in [4.78, 5) is 27.5. The largest absolute Gasteiger partial charge is 0.302 e. The number of hydrogen-bond donors (Lipinski definition) is 1. The zero-order valence-electron chi connectivity index (χ0n) is 13.5. The molecule has 2 aromatic carbocycles. The van der Waals surface area contributed by atoms with E-state index in [2.05, 4.69) is 10.3 Å². The van der Waals surface area contributed by atoms with E-state index in [-0.39, 0.29) is 17.9 Å². The summed E-state index contributed by atoms with van der Waals surface area (Å²) in [5.74, 6) is -0.686. The van der Waals surface area contributed by atoms with Crippen molar-refractivity contribution in [2.24, 2.45) is 0 Å². The van der Waals surface area contributed by atoms with Crippen LogP contribution in [-0.4, -0.2) is 15.8 Å². The molecule has 0 spiro atoms. The second-order valence-corrected chi connectivity index (χ2v) is 6.63. The number of nitro benzene ring substituents is 1. The molecule has 0 bridgehead atoms. The molecule has 1 amide bonds. The van der Waals surface area contributed by atoms with E-state index >= 15 is 0 Å². The van der Waals surface area contributed by atoms with Gasteiger partial charge in [0.2, 0.25) is 5.91 Å². The summed E-state index contributed by atoms with van der Waals surface area (Å²) in [5.41, 5.74) is 0.786. The molecule has 0 fully saturated rings. The van der Waals surface area contributed by atoms with Crippen molar-refractivity contribution in [2.75, 3.05) is 5.32 Å². The van der Waals surface area contributed by atoms with Crippen LogP contribution in [0, 0.1) is 15.9 Å². The van der Waals surface area contributed by atoms with Crippen molar-refractivity contribution < 1.29 is 14.1 Å². The van der Waals surface area contributed by atoms with E-state index in [1.807, 2.05) is 0 Å². The Morgan fingerprint density at radius 3 is 2.58 bits per heavy atom. The van der Waals surface area contributed by atoms with Gasteiger partial charge in [-0.15, -0.1) is 11.3 Å². The number of aromatic nitrogens is 1. The minimum absolute atomic E-state index is 0.0953. The number of halogens is 1. The van der Waals surface area contributed by atoms with Gasteiger partial charge in [0.15, 0.2) is 5.13 Å². The van der Waals surface area contributed by atoms with Crippen LogP contribution in [0.25, 0.3) is 0 Å². The highest BCUT2D eigenvalue weighted by Gasteiger charge is 2.16. The second kappa shape index (κ2) is 7.83. The SMILES string of the molecule is O=C(Cc1ccccc1[N+](=O)[O-])Nc1ncc(Cc2ccccc2F)s1. The predicted molar refractivity (Wildman–Crippen MR) is 96.8 cm³/mol. The van der Waals surface area contributed by atoms with Crippen LogP contribution in [0.1, 0.15) is 16.0 Å². The maximum absolute atomic E-state index is 13.7. The average Bonchev–Trinajstić information content (AvgIpc) is 3.04. The van der Waals surface area contributed by atoms with Gasteiger partial charge in [0.05, 0.1) is 11.3 Å². The molecule has 1 aromatic heterocycles. The molecule has 1 N–H and O–H groups in total. The minimum atomic E-state index is -0.515. The molecule has 0 atom stereocenters. The molecule has 3 aromatic rings. The van der Waals surface area contributed by atoms with Crippen molar-refractivity contribution in [1.29, 1.82) is 0 Å². The lowest BCUT2D eigenvalue weighted by Crippen LogP contribution is -2.15. The summed E-state index contributed by atoms with van der Waals surface area (Å²) in [6.07, 6.45) is 1.83. The van der Waals surface area contributed by atoms with Crippen molar-refractivity contribution in [3.63, 3.8) is 0 Å². The van der Waals surface area contributed by atoms with E-state index in [0.29, 0.717) is 22.7 Å². The molecule has 0 saturated heterocycles. The second-order valence-electron chi connectivity index (χ2n) is 5.51. The van der Waals surface area contributed by atoms with E-state index in [0.717, 1.165) is 4.88 Å². The molecule has 1 heterocycles. The maximum Gasteiger partial charge on any atom is 0.273 e. The number of para-hydroxylation sites is 1. The smallest absolute Gasteiger partial charge is 0.273 e. The van der Waals surface area contributed by atoms with E-state index < -0.39 is 10.8 Å². The van der Waals surface area contributed by atoms with E-state index in [4.69, 9.17) is 0 Å². The van der Waals surface area contributed by atoms with Crippen LogP contribution in [0.15, 0.2) is 54.7 Å². The lowest BCUT2D eigenvalue weighted by Gasteiger charge is -2.03. The van der Waals surface area contributed by atoms with Gasteiger partial charge in [0.1, 0.15) is 5.82 Å². The number of carbonyl (C=O) groups is 1. The van der Waals surface area contributed by atoms with Gasteiger partial charge in [0, 0.05) is 29.1 Å². The first-order chi connectivity index (χ1) is 12.5. The third kappa shape index (κ3) is 4.28. The highest BCUT2D eigenvalue weighted by molar-refractivity contribution is 7.15. The van der Waals surface area contributed by atoms with Crippen molar-refractivity contribution in [1.82, 2.24) is 4.98 Å². The molecule has 0 aliphatic carbocycles. The van der Waals surface area contributed by atoms with Crippen LogP contribution >= 0.6 is 11.3 Å². The Kier molecular flexibility index (Phi) is 5.33. The molecule has 0 unspecified atom stereocenters. The number of amides is 1. The topological polar surface area (TPSA) is 85.1 Å². The fourth-order valence-corrected chi connectivity index (χ4v) is 3.30. The predicted octanol–water partition coefficient (Wildman–Crippen LogP) is 3.96. The van der Waals surface area contributed by atoms with Gasteiger partial charge in [-0.2, -0.15) is 0 Å². The van der Waals surface area contributed by atoms with E-state index in [1.165, 1.54) is 23.5 Å². The van der Waals surface area contributed by atoms with Gasteiger partial charge in [-0.3, -0.25) is 14.9 Å². The Labute approximate surface area is 152 Å². The van der Waals surface area contributed by atoms with Crippen molar-refractivity contribution in [3.05, 3.63) is 86.7 Å². The van der Waals surface area contributed by atoms with Gasteiger partial charge < -0.3 is 5.32 Å². The number of nitro groups is 1. The fourth-order valence-electron chi connectivity index (χ4n) is 2.45. The van der Waals surface area contributed by atoms with Gasteiger partial charge in [-0.05, 0) is 11.6 Å². The van der Waals surface area contributed by atoms with Crippen LogP contribution < -0.4 is 5.32 Å². The summed E-state index contributed by atoms with van der Waals surface area (Å²) in [5, 5.41) is 14.0. The van der Waals surface area contributed by atoms with E-state index in [9.17, 15) is 19.3 Å². The Morgan fingerprint density at radius 2 is 1.85 bits per heavy atom. The van der Waals surface area contributed by atoms with Crippen LogP contribution in [0.2, 0.25) is 0 Å². The molecular weight excluding hydrogens is 357 g/mol. The van der Waals surface area contributed by atoms with Gasteiger partial charge >= 0.3 is 0 Å². The summed E-state index contributed by atoms with van der Waals surface area (Å²) >= 11 is 1.24. The van der Waals surface area contributed by atoms with Crippen LogP contribution in [0.3, 0.4) is 0 Å². The third-order valence-electron chi connectivity index (χ3n) is 3.66. The van der Waals surface area contributed by atoms with Gasteiger partial charge in [-0.25, -0.2) is 9.37 Å². The number of rotatable bonds is 6. The Morgan fingerprint density at radius 1 is 1.15 bits per heavy atom. The van der Waals surface area contributed by atoms with Crippen LogP contribution in [-0.2, 0) is 17.6 Å². The molecule has 0 aliphatic rings. The first-order valence-corrected chi connectivity index (χ1v) is 8.55. The summed E-state index contributed by atoms with van der Waals surface area (Å²) in [6.45, 7) is 0. The molecule has 6 nitrogen and oxygen atoms in total. The number of carbonyl (C=O) groups excluding carboxylic acids is 1. The first kappa shape index (κ1) is 17.7. The van der Waals surface area contributed by atoms with E-state index in [1.54, 1.807) is 42.6 Å². The van der Waals surface area contributed by atoms with Crippen molar-refractivity contribution >= 4 is 28.1 Å². The molecule has 132 valence electrons. The lowest BCUT2D eigenvalue weighted by atomic mass is 10.1. The van der Waals surface area contributed by atoms with Crippen LogP contribution in [0.5, 0.6) is 0 Å². The molecule has 0 aliphatic heterocycles. The molecule has 0 radical (unpaired) electrons. The molecule has 0 saturated carbocycles. The van der Waals surface area contributed by atoms with Gasteiger partial charge in [-0.1, -0.05) is 36.4 Å². The minimum Gasteiger partial charge on any atom is -0.302 e. The van der Waals surface area contributed by atoms with Crippen molar-refractivity contribution in [2.45, 2.75) is 12.8 Å². The maximum atomic E-state index is 13.7. The van der Waals surface area contributed by atoms with Crippen LogP contribution in [0.4, 0.5) is 15.2 Å². The first-order valence-electron chi connectivity index (χ1n) is 7.73. The number of hydrogen-bond acceptors (Lipinski definition) is 5. The fraction of sp³-hybridized carbons (Fsp3) is 0.111. The normalized spacial score (nSPS) is 10.5. The highest BCUT2D eigenvalue weighted by Crippen LogP contribution is 2.23. The van der Waals surface area contributed by atoms with Gasteiger partial charge in [0.25, 0.3) is 5.69 Å². The molecule has 8 heteroatoms. The molecule has 3 rings (SSSR count). The molecule has 26 heavy (non-hydrogen) atoms. The highest BCUT2D eigenvalue weighted by atomic mass is 32.1. The summed E-state index contributed by atoms with van der Waals surface area (Å²) < 4.78 is 13.7. The quantitative estimate of drug-likeness (QED) is 0.525.